The van der Waals surface area contributed by atoms with Crippen molar-refractivity contribution in [3.05, 3.63) is 89.5 Å². The van der Waals surface area contributed by atoms with Crippen molar-refractivity contribution < 1.29 is 24.2 Å². The average Bonchev–Trinajstić information content (AvgIpc) is 3.19. The smallest absolute Gasteiger partial charge is 0.411 e. The Morgan fingerprint density at radius 2 is 1.49 bits per heavy atom. The highest BCUT2D eigenvalue weighted by Crippen LogP contribution is 2.44. The van der Waals surface area contributed by atoms with Gasteiger partial charge < -0.3 is 15.2 Å². The largest absolute Gasteiger partial charge is 0.480 e. The molecule has 0 spiro atoms. The number of hydrogen-bond acceptors (Lipinski definition) is 4. The number of fused-ring (bicyclic) bond motifs is 3. The lowest BCUT2D eigenvalue weighted by atomic mass is 9.92. The summed E-state index contributed by atoms with van der Waals surface area (Å²) in [6.45, 7) is 3.61. The fourth-order valence-electron chi connectivity index (χ4n) is 4.56. The van der Waals surface area contributed by atoms with Crippen LogP contribution < -0.4 is 10.6 Å². The van der Waals surface area contributed by atoms with Crippen LogP contribution in [-0.4, -0.2) is 35.2 Å². The van der Waals surface area contributed by atoms with Crippen LogP contribution in [0.15, 0.2) is 72.8 Å². The molecule has 0 heterocycles. The Kier molecular flexibility index (Phi) is 6.87. The Morgan fingerprint density at radius 1 is 0.886 bits per heavy atom. The zero-order chi connectivity index (χ0) is 25.0. The summed E-state index contributed by atoms with van der Waals surface area (Å²) in [6, 6.07) is 22.5. The molecule has 2 amide bonds. The zero-order valence-corrected chi connectivity index (χ0v) is 19.7. The summed E-state index contributed by atoms with van der Waals surface area (Å²) in [5.74, 6) is -1.66. The third-order valence-electron chi connectivity index (χ3n) is 6.68. The van der Waals surface area contributed by atoms with Gasteiger partial charge in [0.1, 0.15) is 12.1 Å². The van der Waals surface area contributed by atoms with Gasteiger partial charge in [0, 0.05) is 17.2 Å². The number of carboxylic acid groups (broad SMARTS) is 1. The van der Waals surface area contributed by atoms with Crippen molar-refractivity contribution in [2.24, 2.45) is 0 Å². The predicted molar refractivity (Wildman–Crippen MR) is 134 cm³/mol. The number of hydrogen-bond donors (Lipinski definition) is 3. The number of benzene rings is 3. The summed E-state index contributed by atoms with van der Waals surface area (Å²) in [5.41, 5.74) is 3.81. The summed E-state index contributed by atoms with van der Waals surface area (Å²) < 4.78 is 5.56. The molecule has 0 aromatic heterocycles. The Bertz CT molecular complexity index is 1220. The Labute approximate surface area is 204 Å². The highest BCUT2D eigenvalue weighted by atomic mass is 16.5. The van der Waals surface area contributed by atoms with E-state index in [1.165, 1.54) is 6.07 Å². The maximum Gasteiger partial charge on any atom is 0.411 e. The fourth-order valence-corrected chi connectivity index (χ4v) is 4.56. The molecule has 7 nitrogen and oxygen atoms in total. The van der Waals surface area contributed by atoms with E-state index in [9.17, 15) is 19.5 Å². The predicted octanol–water partition coefficient (Wildman–Crippen LogP) is 5.42. The first-order chi connectivity index (χ1) is 16.9. The van der Waals surface area contributed by atoms with Crippen LogP contribution in [0, 0.1) is 0 Å². The summed E-state index contributed by atoms with van der Waals surface area (Å²) in [4.78, 5) is 37.0. The number of nitrogens with one attached hydrogen (secondary N) is 2. The van der Waals surface area contributed by atoms with Gasteiger partial charge in [-0.15, -0.1) is 0 Å². The lowest BCUT2D eigenvalue weighted by Crippen LogP contribution is -2.53. The molecule has 7 heteroatoms. The molecule has 0 fully saturated rings. The third kappa shape index (κ3) is 4.75. The van der Waals surface area contributed by atoms with Gasteiger partial charge in [-0.1, -0.05) is 68.4 Å². The van der Waals surface area contributed by atoms with E-state index < -0.39 is 23.5 Å². The van der Waals surface area contributed by atoms with Gasteiger partial charge in [-0.05, 0) is 53.3 Å². The molecule has 0 radical (unpaired) electrons. The highest BCUT2D eigenvalue weighted by Gasteiger charge is 2.36. The molecular formula is C28H28N2O5. The van der Waals surface area contributed by atoms with Gasteiger partial charge in [0.2, 0.25) is 0 Å². The second-order valence-electron chi connectivity index (χ2n) is 8.58. The van der Waals surface area contributed by atoms with Crippen molar-refractivity contribution in [2.45, 2.75) is 38.1 Å². The number of rotatable bonds is 8. The number of ether oxygens (including phenoxy) is 1. The molecule has 0 atom stereocenters. The van der Waals surface area contributed by atoms with E-state index >= 15 is 0 Å². The van der Waals surface area contributed by atoms with Crippen LogP contribution in [-0.2, 0) is 9.53 Å². The molecule has 1 aliphatic rings. The van der Waals surface area contributed by atoms with Crippen LogP contribution in [0.4, 0.5) is 10.5 Å². The number of carboxylic acids is 1. The van der Waals surface area contributed by atoms with Gasteiger partial charge in [-0.2, -0.15) is 0 Å². The first kappa shape index (κ1) is 24.0. The van der Waals surface area contributed by atoms with E-state index in [2.05, 4.69) is 22.8 Å². The summed E-state index contributed by atoms with van der Waals surface area (Å²) in [6.07, 6.45) is -0.128. The Hall–Kier alpha value is -4.13. The minimum absolute atomic E-state index is 0.0579. The first-order valence-corrected chi connectivity index (χ1v) is 11.7. The number of carbonyl (C=O) groups is 3. The molecule has 3 N–H and O–H groups in total. The number of aliphatic carboxylic acids is 1. The zero-order valence-electron chi connectivity index (χ0n) is 19.7. The molecular weight excluding hydrogens is 444 g/mol. The van der Waals surface area contributed by atoms with E-state index in [0.29, 0.717) is 5.69 Å². The molecule has 1 aliphatic carbocycles. The maximum absolute atomic E-state index is 12.7. The topological polar surface area (TPSA) is 105 Å². The van der Waals surface area contributed by atoms with E-state index in [4.69, 9.17) is 4.74 Å². The molecule has 0 unspecified atom stereocenters. The second kappa shape index (κ2) is 10.0. The quantitative estimate of drug-likeness (QED) is 0.406. The van der Waals surface area contributed by atoms with Crippen molar-refractivity contribution in [2.75, 3.05) is 11.9 Å². The first-order valence-electron chi connectivity index (χ1n) is 11.7. The molecule has 180 valence electrons. The van der Waals surface area contributed by atoms with E-state index in [1.807, 2.05) is 36.4 Å². The van der Waals surface area contributed by atoms with Gasteiger partial charge in [0.25, 0.3) is 5.91 Å². The Balaban J connectivity index is 1.42. The van der Waals surface area contributed by atoms with Gasteiger partial charge >= 0.3 is 12.1 Å². The monoisotopic (exact) mass is 472 g/mol. The second-order valence-corrected chi connectivity index (χ2v) is 8.58. The standard InChI is InChI=1S/C28H28N2O5/c1-3-28(4-2,26(32)33)30-25(31)18-10-9-11-19(16-18)29-27(34)35-17-24-22-14-7-5-12-20(22)21-13-6-8-15-23(21)24/h5-16,24H,3-4,17H2,1-2H3,(H,29,34)(H,30,31)(H,32,33). The van der Waals surface area contributed by atoms with Crippen LogP contribution in [0.3, 0.4) is 0 Å². The molecule has 3 aromatic rings. The molecule has 35 heavy (non-hydrogen) atoms. The molecule has 0 bridgehead atoms. The molecule has 3 aromatic carbocycles. The van der Waals surface area contributed by atoms with Crippen LogP contribution in [0.1, 0.15) is 54.1 Å². The highest BCUT2D eigenvalue weighted by molar-refractivity contribution is 5.99. The van der Waals surface area contributed by atoms with Crippen molar-refractivity contribution in [1.29, 1.82) is 0 Å². The Morgan fingerprint density at radius 3 is 2.06 bits per heavy atom. The summed E-state index contributed by atoms with van der Waals surface area (Å²) in [7, 11) is 0. The minimum atomic E-state index is -1.34. The molecule has 0 saturated carbocycles. The summed E-state index contributed by atoms with van der Waals surface area (Å²) >= 11 is 0. The number of carbonyl (C=O) groups excluding carboxylic acids is 2. The maximum atomic E-state index is 12.7. The van der Waals surface area contributed by atoms with Gasteiger partial charge in [0.05, 0.1) is 0 Å². The molecule has 0 saturated heterocycles. The van der Waals surface area contributed by atoms with E-state index in [1.54, 1.807) is 32.0 Å². The van der Waals surface area contributed by atoms with Crippen molar-refractivity contribution >= 4 is 23.7 Å². The van der Waals surface area contributed by atoms with Crippen molar-refractivity contribution in [1.82, 2.24) is 5.32 Å². The van der Waals surface area contributed by atoms with Gasteiger partial charge in [0.15, 0.2) is 0 Å². The van der Waals surface area contributed by atoms with Crippen molar-refractivity contribution in [3.63, 3.8) is 0 Å². The summed E-state index contributed by atoms with van der Waals surface area (Å²) in [5, 5.41) is 14.9. The van der Waals surface area contributed by atoms with Crippen LogP contribution >= 0.6 is 0 Å². The normalized spacial score (nSPS) is 12.4. The number of anilines is 1. The lowest BCUT2D eigenvalue weighted by molar-refractivity contribution is -0.144. The van der Waals surface area contributed by atoms with Gasteiger partial charge in [-0.25, -0.2) is 9.59 Å². The molecule has 0 aliphatic heterocycles. The van der Waals surface area contributed by atoms with E-state index in [0.717, 1.165) is 22.3 Å². The van der Waals surface area contributed by atoms with E-state index in [-0.39, 0.29) is 30.9 Å². The lowest BCUT2D eigenvalue weighted by Gasteiger charge is -2.28. The van der Waals surface area contributed by atoms with Crippen LogP contribution in [0.2, 0.25) is 0 Å². The average molecular weight is 473 g/mol. The van der Waals surface area contributed by atoms with Crippen LogP contribution in [0.5, 0.6) is 0 Å². The fraction of sp³-hybridized carbons (Fsp3) is 0.250. The van der Waals surface area contributed by atoms with Crippen LogP contribution in [0.25, 0.3) is 11.1 Å². The van der Waals surface area contributed by atoms with Gasteiger partial charge in [-0.3, -0.25) is 10.1 Å². The third-order valence-corrected chi connectivity index (χ3v) is 6.68. The minimum Gasteiger partial charge on any atom is -0.480 e. The van der Waals surface area contributed by atoms with Crippen molar-refractivity contribution in [3.8, 4) is 11.1 Å². The molecule has 4 rings (SSSR count). The number of amides is 2. The SMILES string of the molecule is CCC(CC)(NC(=O)c1cccc(NC(=O)OCC2c3ccccc3-c3ccccc32)c1)C(=O)O.